The van der Waals surface area contributed by atoms with Crippen molar-refractivity contribution in [2.75, 3.05) is 33.5 Å². The number of nitrogens with zero attached hydrogens (tertiary/aromatic N) is 1. The number of aromatic nitrogens is 1. The monoisotopic (exact) mass is 267 g/mol. The van der Waals surface area contributed by atoms with Crippen LogP contribution in [0.15, 0.2) is 12.3 Å². The number of ether oxygens (including phenoxy) is 3. The number of rotatable bonds is 9. The van der Waals surface area contributed by atoms with Crippen LogP contribution in [0, 0.1) is 12.3 Å². The van der Waals surface area contributed by atoms with Crippen LogP contribution in [0.2, 0.25) is 0 Å². The molecule has 1 heterocycles. The largest absolute Gasteiger partial charge is 0.475 e. The van der Waals surface area contributed by atoms with Crippen LogP contribution in [-0.2, 0) is 9.47 Å². The Morgan fingerprint density at radius 1 is 1.32 bits per heavy atom. The van der Waals surface area contributed by atoms with Gasteiger partial charge in [0, 0.05) is 26.5 Å². The number of nitrogens with one attached hydrogen (secondary N) is 1. The van der Waals surface area contributed by atoms with Crippen LogP contribution in [0.25, 0.3) is 0 Å². The summed E-state index contributed by atoms with van der Waals surface area (Å²) in [5, 5.41) is 7.52. The van der Waals surface area contributed by atoms with E-state index in [9.17, 15) is 0 Å². The number of nitrogens with two attached hydrogens (primary N) is 1. The first-order valence-electron chi connectivity index (χ1n) is 6.16. The fourth-order valence-electron chi connectivity index (χ4n) is 1.58. The fraction of sp³-hybridized carbons (Fsp3) is 0.538. The van der Waals surface area contributed by atoms with E-state index in [-0.39, 0.29) is 5.84 Å². The molecule has 0 saturated heterocycles. The Kier molecular flexibility index (Phi) is 6.84. The molecule has 0 saturated carbocycles. The molecular formula is C13H21N3O3. The Balaban J connectivity index is 2.37. The van der Waals surface area contributed by atoms with Gasteiger partial charge in [0.15, 0.2) is 0 Å². The molecule has 0 amide bonds. The molecule has 19 heavy (non-hydrogen) atoms. The van der Waals surface area contributed by atoms with E-state index in [0.29, 0.717) is 37.9 Å². The molecular weight excluding hydrogens is 246 g/mol. The molecule has 0 unspecified atom stereocenters. The standard InChI is InChI=1S/C13H21N3O3/c1-10-4-5-16-13(11(10)12(14)15)19-9-8-18-7-3-6-17-2/h4-5H,3,6-9H2,1-2H3,(H3,14,15). The van der Waals surface area contributed by atoms with Gasteiger partial charge >= 0.3 is 0 Å². The fourth-order valence-corrected chi connectivity index (χ4v) is 1.58. The lowest BCUT2D eigenvalue weighted by Gasteiger charge is -2.11. The predicted molar refractivity (Wildman–Crippen MR) is 72.8 cm³/mol. The molecule has 0 spiro atoms. The average molecular weight is 267 g/mol. The first kappa shape index (κ1) is 15.4. The molecule has 0 aliphatic heterocycles. The SMILES string of the molecule is COCCCOCCOc1nccc(C)c1C(=N)N. The summed E-state index contributed by atoms with van der Waals surface area (Å²) in [6.45, 7) is 4.04. The summed E-state index contributed by atoms with van der Waals surface area (Å²) in [6.07, 6.45) is 2.49. The van der Waals surface area contributed by atoms with Gasteiger partial charge < -0.3 is 19.9 Å². The summed E-state index contributed by atoms with van der Waals surface area (Å²) in [4.78, 5) is 4.09. The van der Waals surface area contributed by atoms with Gasteiger partial charge in [-0.05, 0) is 25.0 Å². The van der Waals surface area contributed by atoms with Crippen molar-refractivity contribution in [1.82, 2.24) is 4.98 Å². The number of hydrogen-bond donors (Lipinski definition) is 2. The summed E-state index contributed by atoms with van der Waals surface area (Å²) in [5.74, 6) is 0.342. The van der Waals surface area contributed by atoms with E-state index in [0.717, 1.165) is 12.0 Å². The number of methoxy groups -OCH3 is 1. The first-order chi connectivity index (χ1) is 9.16. The van der Waals surface area contributed by atoms with Crippen molar-refractivity contribution in [2.24, 2.45) is 5.73 Å². The minimum Gasteiger partial charge on any atom is -0.475 e. The zero-order valence-corrected chi connectivity index (χ0v) is 11.4. The third-order valence-corrected chi connectivity index (χ3v) is 2.50. The maximum absolute atomic E-state index is 7.52. The van der Waals surface area contributed by atoms with Crippen molar-refractivity contribution < 1.29 is 14.2 Å². The lowest BCUT2D eigenvalue weighted by molar-refractivity contribution is 0.0795. The predicted octanol–water partition coefficient (Wildman–Crippen LogP) is 1.11. The van der Waals surface area contributed by atoms with E-state index in [4.69, 9.17) is 25.4 Å². The third kappa shape index (κ3) is 5.23. The molecule has 3 N–H and O–H groups in total. The molecule has 0 bridgehead atoms. The highest BCUT2D eigenvalue weighted by molar-refractivity contribution is 5.98. The van der Waals surface area contributed by atoms with E-state index in [1.54, 1.807) is 19.4 Å². The second-order valence-corrected chi connectivity index (χ2v) is 4.03. The van der Waals surface area contributed by atoms with Crippen LogP contribution in [0.4, 0.5) is 0 Å². The highest BCUT2D eigenvalue weighted by Gasteiger charge is 2.10. The van der Waals surface area contributed by atoms with Crippen LogP contribution in [0.1, 0.15) is 17.5 Å². The second-order valence-electron chi connectivity index (χ2n) is 4.03. The highest BCUT2D eigenvalue weighted by Crippen LogP contribution is 2.17. The molecule has 6 nitrogen and oxygen atoms in total. The number of pyridine rings is 1. The molecule has 106 valence electrons. The van der Waals surface area contributed by atoms with Crippen LogP contribution < -0.4 is 10.5 Å². The van der Waals surface area contributed by atoms with E-state index in [2.05, 4.69) is 4.98 Å². The van der Waals surface area contributed by atoms with Gasteiger partial charge in [0.1, 0.15) is 12.4 Å². The van der Waals surface area contributed by atoms with Crippen molar-refractivity contribution in [3.8, 4) is 5.88 Å². The average Bonchev–Trinajstić information content (AvgIpc) is 2.37. The lowest BCUT2D eigenvalue weighted by atomic mass is 10.1. The minimum absolute atomic E-state index is 0.0402. The Bertz CT molecular complexity index is 410. The van der Waals surface area contributed by atoms with Gasteiger partial charge in [-0.1, -0.05) is 0 Å². The van der Waals surface area contributed by atoms with Gasteiger partial charge in [-0.3, -0.25) is 5.41 Å². The van der Waals surface area contributed by atoms with Crippen molar-refractivity contribution in [2.45, 2.75) is 13.3 Å². The molecule has 0 atom stereocenters. The van der Waals surface area contributed by atoms with Crippen molar-refractivity contribution in [3.63, 3.8) is 0 Å². The Labute approximate surface area is 113 Å². The molecule has 0 aromatic carbocycles. The van der Waals surface area contributed by atoms with Crippen molar-refractivity contribution >= 4 is 5.84 Å². The Morgan fingerprint density at radius 3 is 2.79 bits per heavy atom. The van der Waals surface area contributed by atoms with Crippen LogP contribution in [0.5, 0.6) is 5.88 Å². The molecule has 1 aromatic rings. The Morgan fingerprint density at radius 2 is 2.11 bits per heavy atom. The molecule has 6 heteroatoms. The summed E-state index contributed by atoms with van der Waals surface area (Å²) in [7, 11) is 1.66. The van der Waals surface area contributed by atoms with E-state index in [1.165, 1.54) is 0 Å². The van der Waals surface area contributed by atoms with Crippen molar-refractivity contribution in [3.05, 3.63) is 23.4 Å². The number of amidine groups is 1. The molecule has 1 aromatic heterocycles. The molecule has 0 aliphatic rings. The van der Waals surface area contributed by atoms with E-state index >= 15 is 0 Å². The Hall–Kier alpha value is -1.66. The molecule has 0 fully saturated rings. The third-order valence-electron chi connectivity index (χ3n) is 2.50. The van der Waals surface area contributed by atoms with Gasteiger partial charge in [0.25, 0.3) is 0 Å². The van der Waals surface area contributed by atoms with Crippen molar-refractivity contribution in [1.29, 1.82) is 5.41 Å². The highest BCUT2D eigenvalue weighted by atomic mass is 16.5. The van der Waals surface area contributed by atoms with E-state index in [1.807, 2.05) is 6.92 Å². The number of hydrogen-bond acceptors (Lipinski definition) is 5. The zero-order chi connectivity index (χ0) is 14.1. The summed E-state index contributed by atoms with van der Waals surface area (Å²) >= 11 is 0. The van der Waals surface area contributed by atoms with Gasteiger partial charge in [0.2, 0.25) is 5.88 Å². The normalized spacial score (nSPS) is 10.4. The van der Waals surface area contributed by atoms with Crippen LogP contribution in [-0.4, -0.2) is 44.4 Å². The van der Waals surface area contributed by atoms with Gasteiger partial charge in [0.05, 0.1) is 12.2 Å². The quantitative estimate of drug-likeness (QED) is 0.397. The maximum Gasteiger partial charge on any atom is 0.224 e. The smallest absolute Gasteiger partial charge is 0.224 e. The lowest BCUT2D eigenvalue weighted by Crippen LogP contribution is -2.17. The first-order valence-corrected chi connectivity index (χ1v) is 6.16. The molecule has 0 aliphatic carbocycles. The summed E-state index contributed by atoms with van der Waals surface area (Å²) in [5.41, 5.74) is 6.94. The maximum atomic E-state index is 7.52. The number of nitrogen functional groups attached to an aromatic ring is 1. The van der Waals surface area contributed by atoms with Gasteiger partial charge in [-0.15, -0.1) is 0 Å². The molecule has 1 rings (SSSR count). The zero-order valence-electron chi connectivity index (χ0n) is 11.4. The summed E-state index contributed by atoms with van der Waals surface area (Å²) in [6, 6.07) is 1.80. The summed E-state index contributed by atoms with van der Waals surface area (Å²) < 4.78 is 15.8. The van der Waals surface area contributed by atoms with Crippen LogP contribution >= 0.6 is 0 Å². The van der Waals surface area contributed by atoms with E-state index < -0.39 is 0 Å². The molecule has 0 radical (unpaired) electrons. The van der Waals surface area contributed by atoms with Gasteiger partial charge in [-0.25, -0.2) is 4.98 Å². The number of aryl methyl sites for hydroxylation is 1. The van der Waals surface area contributed by atoms with Gasteiger partial charge in [-0.2, -0.15) is 0 Å². The second kappa shape index (κ2) is 8.44. The topological polar surface area (TPSA) is 90.5 Å². The van der Waals surface area contributed by atoms with Crippen LogP contribution in [0.3, 0.4) is 0 Å². The minimum atomic E-state index is -0.0402.